The third-order valence-corrected chi connectivity index (χ3v) is 18.1. The lowest BCUT2D eigenvalue weighted by atomic mass is 10.0. The molecule has 0 radical (unpaired) electrons. The van der Waals surface area contributed by atoms with E-state index in [-0.39, 0.29) is 25.7 Å². The molecular weight excluding hydrogens is 1380 g/mol. The topological polar surface area (TPSA) is 237 Å². The van der Waals surface area contributed by atoms with Gasteiger partial charge in [-0.15, -0.1) is 0 Å². The third-order valence-electron chi connectivity index (χ3n) is 16.2. The summed E-state index contributed by atoms with van der Waals surface area (Å²) in [6.45, 7) is 4.36. The minimum absolute atomic E-state index is 0.0629. The molecule has 0 fully saturated rings. The van der Waals surface area contributed by atoms with Crippen LogP contribution in [-0.4, -0.2) is 96.7 Å². The van der Waals surface area contributed by atoms with Crippen LogP contribution in [0.1, 0.15) is 297 Å². The van der Waals surface area contributed by atoms with Crippen molar-refractivity contribution in [2.24, 2.45) is 0 Å². The summed E-state index contributed by atoms with van der Waals surface area (Å²) in [5.74, 6) is -2.38. The molecule has 5 atom stereocenters. The zero-order valence-electron chi connectivity index (χ0n) is 65.8. The van der Waals surface area contributed by atoms with E-state index in [1.54, 1.807) is 6.08 Å². The normalized spacial score (nSPS) is 14.7. The standard InChI is InChI=1S/C87H142O17P2/c1-5-9-13-17-21-25-29-33-36-38-40-42-45-49-52-56-60-64-68-72-85(90)98-78-83(104-87(92)74-70-66-62-58-54-50-46-43-41-39-37-34-30-26-22-18-14-10-6-2)80-102-106(95,96)100-76-81(88)75-99-105(93,94)101-79-82(103-86(91)73-69-65-61-57-53-47-32-28-24-20-16-12-8-4)77-97-84(89)71-67-63-59-55-51-48-44-35-31-27-23-19-15-11-7-3/h9-11,13-15,21-23,25-27,33-37,40-44,49,51-52,55,63,67,81-83,88H,5-8,12,16-20,24,28-32,38-39,45-48,50,53-54,56-62,64-66,68-80H2,1-4H3,(H,93,94)(H,95,96)/b13-9-,14-10-,15-11-,25-21-,26-22-,27-23-,36-33-,37-34-,42-40-,43-41-,44-35-,52-49-,55-51-,67-63-. The van der Waals surface area contributed by atoms with E-state index in [2.05, 4.69) is 174 Å². The quantitative estimate of drug-likeness (QED) is 0.0169. The molecule has 106 heavy (non-hydrogen) atoms. The monoisotopic (exact) mass is 1520 g/mol. The fourth-order valence-corrected chi connectivity index (χ4v) is 11.8. The number of allylic oxidation sites excluding steroid dienone is 27. The Hall–Kier alpha value is -5.58. The van der Waals surface area contributed by atoms with E-state index in [1.807, 2.05) is 18.2 Å². The number of carbonyl (C=O) groups excluding carboxylic acids is 4. The summed E-state index contributed by atoms with van der Waals surface area (Å²) in [4.78, 5) is 73.0. The van der Waals surface area contributed by atoms with Crippen LogP contribution in [0, 0.1) is 0 Å². The van der Waals surface area contributed by atoms with Gasteiger partial charge in [0, 0.05) is 19.3 Å². The maximum absolute atomic E-state index is 13.1. The molecule has 19 heteroatoms. The fraction of sp³-hybridized carbons (Fsp3) is 0.632. The van der Waals surface area contributed by atoms with E-state index in [9.17, 15) is 43.2 Å². The van der Waals surface area contributed by atoms with Crippen LogP contribution in [0.3, 0.4) is 0 Å². The van der Waals surface area contributed by atoms with Gasteiger partial charge in [0.2, 0.25) is 0 Å². The number of rotatable bonds is 74. The second kappa shape index (κ2) is 77.6. The van der Waals surface area contributed by atoms with Gasteiger partial charge in [-0.05, 0) is 135 Å². The van der Waals surface area contributed by atoms with Gasteiger partial charge in [0.05, 0.1) is 32.8 Å². The van der Waals surface area contributed by atoms with Gasteiger partial charge in [0.25, 0.3) is 0 Å². The summed E-state index contributed by atoms with van der Waals surface area (Å²) >= 11 is 0. The Morgan fingerprint density at radius 1 is 0.283 bits per heavy atom. The van der Waals surface area contributed by atoms with Crippen LogP contribution in [0.2, 0.25) is 0 Å². The summed E-state index contributed by atoms with van der Waals surface area (Å²) in [5.41, 5.74) is 0. The van der Waals surface area contributed by atoms with Crippen LogP contribution in [0.4, 0.5) is 0 Å². The first kappa shape index (κ1) is 100. The van der Waals surface area contributed by atoms with Crippen molar-refractivity contribution in [1.29, 1.82) is 0 Å². The van der Waals surface area contributed by atoms with Crippen LogP contribution in [0.5, 0.6) is 0 Å². The highest BCUT2D eigenvalue weighted by atomic mass is 31.2. The molecule has 0 amide bonds. The van der Waals surface area contributed by atoms with Gasteiger partial charge in [0.15, 0.2) is 12.2 Å². The summed E-state index contributed by atoms with van der Waals surface area (Å²) in [7, 11) is -10.0. The molecule has 0 aromatic heterocycles. The first-order valence-electron chi connectivity index (χ1n) is 40.4. The van der Waals surface area contributed by atoms with Crippen molar-refractivity contribution in [3.05, 3.63) is 170 Å². The summed E-state index contributed by atoms with van der Waals surface area (Å²) in [5, 5.41) is 10.6. The van der Waals surface area contributed by atoms with Crippen LogP contribution >= 0.6 is 15.6 Å². The lowest BCUT2D eigenvalue weighted by Crippen LogP contribution is -2.30. The van der Waals surface area contributed by atoms with Gasteiger partial charge < -0.3 is 33.8 Å². The van der Waals surface area contributed by atoms with Gasteiger partial charge in [-0.1, -0.05) is 307 Å². The first-order valence-corrected chi connectivity index (χ1v) is 43.4. The number of esters is 4. The molecule has 3 N–H and O–H groups in total. The van der Waals surface area contributed by atoms with Crippen molar-refractivity contribution in [3.8, 4) is 0 Å². The Morgan fingerprint density at radius 3 is 0.849 bits per heavy atom. The Morgan fingerprint density at radius 2 is 0.528 bits per heavy atom. The number of aliphatic hydroxyl groups is 1. The fourth-order valence-electron chi connectivity index (χ4n) is 10.2. The lowest BCUT2D eigenvalue weighted by molar-refractivity contribution is -0.161. The van der Waals surface area contributed by atoms with E-state index in [1.165, 1.54) is 51.4 Å². The second-order valence-corrected chi connectivity index (χ2v) is 29.1. The van der Waals surface area contributed by atoms with Gasteiger partial charge >= 0.3 is 39.5 Å². The average molecular weight is 1520 g/mol. The van der Waals surface area contributed by atoms with Gasteiger partial charge in [-0.3, -0.25) is 37.3 Å². The Kier molecular flexibility index (Phi) is 73.5. The number of aliphatic hydroxyl groups excluding tert-OH is 1. The molecule has 0 saturated heterocycles. The Bertz CT molecular complexity index is 2680. The van der Waals surface area contributed by atoms with Crippen LogP contribution in [-0.2, 0) is 65.4 Å². The SMILES string of the molecule is CC/C=C\C/C=C\C/C=C\C/C=C\C/C=C\CCCCCC(=O)OCC(COP(=O)(O)OCC(O)COP(=O)(O)OCC(COC(=O)C/C=C\C/C=C\C/C=C\C/C=C\C/C=C\CC)OC(=O)CCCCCCCCCCCCCCC)OC(=O)CCCCCCCC/C=C\C/C=C\C/C=C\C/C=C\CC. The molecule has 0 aliphatic heterocycles. The van der Waals surface area contributed by atoms with Gasteiger partial charge in [-0.2, -0.15) is 0 Å². The largest absolute Gasteiger partial charge is 0.472 e. The zero-order valence-corrected chi connectivity index (χ0v) is 67.6. The highest BCUT2D eigenvalue weighted by Crippen LogP contribution is 2.45. The molecule has 0 aliphatic carbocycles. The van der Waals surface area contributed by atoms with Crippen molar-refractivity contribution in [3.63, 3.8) is 0 Å². The summed E-state index contributed by atoms with van der Waals surface area (Å²) in [6, 6.07) is 0. The molecule has 17 nitrogen and oxygen atoms in total. The van der Waals surface area contributed by atoms with Gasteiger partial charge in [0.1, 0.15) is 19.3 Å². The molecule has 0 rings (SSSR count). The predicted molar refractivity (Wildman–Crippen MR) is 436 cm³/mol. The maximum atomic E-state index is 13.1. The van der Waals surface area contributed by atoms with Crippen LogP contribution in [0.25, 0.3) is 0 Å². The minimum atomic E-state index is -5.00. The smallest absolute Gasteiger partial charge is 0.462 e. The average Bonchev–Trinajstić information content (AvgIpc) is 0.903. The van der Waals surface area contributed by atoms with Crippen molar-refractivity contribution < 1.29 is 80.2 Å². The minimum Gasteiger partial charge on any atom is -0.462 e. The molecule has 602 valence electrons. The molecule has 0 saturated carbocycles. The molecule has 0 aromatic carbocycles. The number of phosphoric acid groups is 2. The van der Waals surface area contributed by atoms with Crippen LogP contribution in [0.15, 0.2) is 170 Å². The van der Waals surface area contributed by atoms with Crippen LogP contribution < -0.4 is 0 Å². The molecule has 5 unspecified atom stereocenters. The Labute approximate surface area is 642 Å². The molecule has 0 spiro atoms. The molecule has 0 aromatic rings. The molecular formula is C87H142O17P2. The number of carbonyl (C=O) groups is 4. The second-order valence-electron chi connectivity index (χ2n) is 26.2. The van der Waals surface area contributed by atoms with Gasteiger partial charge in [-0.25, -0.2) is 9.13 Å². The number of hydrogen-bond donors (Lipinski definition) is 3. The number of unbranched alkanes of at least 4 members (excludes halogenated alkanes) is 21. The first-order chi connectivity index (χ1) is 51.7. The van der Waals surface area contributed by atoms with E-state index < -0.39 is 97.5 Å². The third kappa shape index (κ3) is 76.6. The highest BCUT2D eigenvalue weighted by Gasteiger charge is 2.30. The van der Waals surface area contributed by atoms with E-state index in [0.717, 1.165) is 167 Å². The highest BCUT2D eigenvalue weighted by molar-refractivity contribution is 7.47. The number of hydrogen-bond acceptors (Lipinski definition) is 15. The maximum Gasteiger partial charge on any atom is 0.472 e. The Balaban J connectivity index is 5.48. The summed E-state index contributed by atoms with van der Waals surface area (Å²) in [6.07, 6.45) is 92.2. The van der Waals surface area contributed by atoms with Crippen molar-refractivity contribution in [1.82, 2.24) is 0 Å². The predicted octanol–water partition coefficient (Wildman–Crippen LogP) is 23.8. The van der Waals surface area contributed by atoms with E-state index in [0.29, 0.717) is 25.7 Å². The van der Waals surface area contributed by atoms with Crippen molar-refractivity contribution >= 4 is 39.5 Å². The molecule has 0 bridgehead atoms. The molecule has 0 heterocycles. The number of phosphoric ester groups is 2. The van der Waals surface area contributed by atoms with E-state index >= 15 is 0 Å². The lowest BCUT2D eigenvalue weighted by Gasteiger charge is -2.21. The molecule has 0 aliphatic rings. The zero-order chi connectivity index (χ0) is 77.4. The van der Waals surface area contributed by atoms with E-state index in [4.69, 9.17) is 37.0 Å². The summed E-state index contributed by atoms with van der Waals surface area (Å²) < 4.78 is 68.5. The van der Waals surface area contributed by atoms with Crippen molar-refractivity contribution in [2.75, 3.05) is 39.6 Å². The number of ether oxygens (including phenoxy) is 4. The van der Waals surface area contributed by atoms with Crippen molar-refractivity contribution in [2.45, 2.75) is 316 Å².